The van der Waals surface area contributed by atoms with Crippen molar-refractivity contribution in [2.24, 2.45) is 0 Å². The molecule has 0 aliphatic heterocycles. The highest BCUT2D eigenvalue weighted by atomic mass is 79.9. The van der Waals surface area contributed by atoms with Crippen molar-refractivity contribution in [3.8, 4) is 0 Å². The highest BCUT2D eigenvalue weighted by Gasteiger charge is 2.23. The fourth-order valence-electron chi connectivity index (χ4n) is 2.15. The monoisotopic (exact) mass is 284 g/mol. The summed E-state index contributed by atoms with van der Waals surface area (Å²) in [5, 5.41) is 13.2. The summed E-state index contributed by atoms with van der Waals surface area (Å²) >= 11 is 3.39. The van der Waals surface area contributed by atoms with E-state index in [9.17, 15) is 5.11 Å². The van der Waals surface area contributed by atoms with Crippen LogP contribution < -0.4 is 5.32 Å². The van der Waals surface area contributed by atoms with Crippen LogP contribution in [0.5, 0.6) is 0 Å². The first kappa shape index (κ1) is 11.9. The molecule has 0 saturated heterocycles. The summed E-state index contributed by atoms with van der Waals surface area (Å²) in [4.78, 5) is 4.34. The predicted molar refractivity (Wildman–Crippen MR) is 68.6 cm³/mol. The summed E-state index contributed by atoms with van der Waals surface area (Å²) in [6.07, 6.45) is 5.78. The van der Waals surface area contributed by atoms with E-state index in [2.05, 4.69) is 26.2 Å². The van der Waals surface area contributed by atoms with Crippen molar-refractivity contribution >= 4 is 21.7 Å². The number of halogens is 1. The molecular weight excluding hydrogens is 268 g/mol. The van der Waals surface area contributed by atoms with Crippen LogP contribution in [0.25, 0.3) is 0 Å². The molecule has 88 valence electrons. The van der Waals surface area contributed by atoms with Crippen molar-refractivity contribution in [3.63, 3.8) is 0 Å². The average Bonchev–Trinajstić information content (AvgIpc) is 2.25. The van der Waals surface area contributed by atoms with Gasteiger partial charge in [0.15, 0.2) is 0 Å². The smallest absolute Gasteiger partial charge is 0.129 e. The molecule has 0 aromatic carbocycles. The van der Waals surface area contributed by atoms with E-state index < -0.39 is 0 Å². The number of aliphatic hydroxyl groups excluding tert-OH is 1. The third kappa shape index (κ3) is 2.74. The number of hydrogen-bond acceptors (Lipinski definition) is 3. The molecule has 1 heterocycles. The Kier molecular flexibility index (Phi) is 3.82. The lowest BCUT2D eigenvalue weighted by Crippen LogP contribution is -2.36. The van der Waals surface area contributed by atoms with Crippen LogP contribution in [0, 0.1) is 6.92 Å². The molecule has 1 fully saturated rings. The molecule has 1 aliphatic rings. The minimum absolute atomic E-state index is 0.154. The van der Waals surface area contributed by atoms with E-state index in [4.69, 9.17) is 0 Å². The molecule has 2 N–H and O–H groups in total. The highest BCUT2D eigenvalue weighted by Crippen LogP contribution is 2.24. The van der Waals surface area contributed by atoms with Crippen LogP contribution in [0.4, 0.5) is 5.82 Å². The molecule has 2 unspecified atom stereocenters. The topological polar surface area (TPSA) is 45.2 Å². The Morgan fingerprint density at radius 2 is 2.19 bits per heavy atom. The number of aliphatic hydroxyl groups is 1. The van der Waals surface area contributed by atoms with E-state index in [0.717, 1.165) is 35.1 Å². The molecule has 1 saturated carbocycles. The van der Waals surface area contributed by atoms with Crippen LogP contribution in [0.15, 0.2) is 16.7 Å². The lowest BCUT2D eigenvalue weighted by Gasteiger charge is -2.29. The van der Waals surface area contributed by atoms with Gasteiger partial charge in [-0.2, -0.15) is 0 Å². The maximum absolute atomic E-state index is 9.88. The Balaban J connectivity index is 2.07. The quantitative estimate of drug-likeness (QED) is 0.878. The molecular formula is C12H17BrN2O. The molecule has 0 spiro atoms. The minimum Gasteiger partial charge on any atom is -0.391 e. The van der Waals surface area contributed by atoms with E-state index in [1.807, 2.05) is 13.0 Å². The standard InChI is InChI=1S/C12H17BrN2O/c1-8-6-9(13)7-14-12(8)15-10-4-2-3-5-11(10)16/h6-7,10-11,16H,2-5H2,1H3,(H,14,15). The number of nitrogens with one attached hydrogen (secondary N) is 1. The Labute approximate surface area is 104 Å². The third-order valence-electron chi connectivity index (χ3n) is 3.10. The summed E-state index contributed by atoms with van der Waals surface area (Å²) in [6.45, 7) is 2.02. The molecule has 1 aromatic heterocycles. The van der Waals surface area contributed by atoms with Gasteiger partial charge in [0.1, 0.15) is 5.82 Å². The SMILES string of the molecule is Cc1cc(Br)cnc1NC1CCCCC1O. The molecule has 2 atom stereocenters. The summed E-state index contributed by atoms with van der Waals surface area (Å²) in [5.41, 5.74) is 1.10. The van der Waals surface area contributed by atoms with Gasteiger partial charge < -0.3 is 10.4 Å². The van der Waals surface area contributed by atoms with Gasteiger partial charge in [-0.25, -0.2) is 4.98 Å². The molecule has 0 amide bonds. The average molecular weight is 285 g/mol. The predicted octanol–water partition coefficient (Wildman–Crippen LogP) is 2.87. The van der Waals surface area contributed by atoms with Crippen LogP contribution in [-0.4, -0.2) is 22.2 Å². The Morgan fingerprint density at radius 3 is 2.88 bits per heavy atom. The number of nitrogens with zero attached hydrogens (tertiary/aromatic N) is 1. The Bertz CT molecular complexity index is 370. The van der Waals surface area contributed by atoms with Gasteiger partial charge in [-0.05, 0) is 47.3 Å². The van der Waals surface area contributed by atoms with Crippen molar-refractivity contribution in [3.05, 3.63) is 22.3 Å². The summed E-state index contributed by atoms with van der Waals surface area (Å²) in [5.74, 6) is 0.883. The van der Waals surface area contributed by atoms with Crippen LogP contribution >= 0.6 is 15.9 Å². The second-order valence-electron chi connectivity index (χ2n) is 4.42. The first-order valence-corrected chi connectivity index (χ1v) is 6.53. The van der Waals surface area contributed by atoms with Gasteiger partial charge in [-0.15, -0.1) is 0 Å². The van der Waals surface area contributed by atoms with E-state index in [1.54, 1.807) is 6.20 Å². The lowest BCUT2D eigenvalue weighted by molar-refractivity contribution is 0.116. The van der Waals surface area contributed by atoms with Gasteiger partial charge in [-0.3, -0.25) is 0 Å². The largest absolute Gasteiger partial charge is 0.391 e. The molecule has 0 radical (unpaired) electrons. The lowest BCUT2D eigenvalue weighted by atomic mass is 9.92. The first-order chi connectivity index (χ1) is 7.66. The summed E-state index contributed by atoms with van der Waals surface area (Å²) < 4.78 is 0.986. The highest BCUT2D eigenvalue weighted by molar-refractivity contribution is 9.10. The van der Waals surface area contributed by atoms with Crippen molar-refractivity contribution in [1.29, 1.82) is 0 Å². The molecule has 2 rings (SSSR count). The second-order valence-corrected chi connectivity index (χ2v) is 5.34. The van der Waals surface area contributed by atoms with E-state index in [1.165, 1.54) is 6.42 Å². The zero-order valence-electron chi connectivity index (χ0n) is 9.41. The maximum Gasteiger partial charge on any atom is 0.129 e. The van der Waals surface area contributed by atoms with Gasteiger partial charge in [0, 0.05) is 10.7 Å². The van der Waals surface area contributed by atoms with Crippen LogP contribution in [-0.2, 0) is 0 Å². The number of rotatable bonds is 2. The number of aryl methyl sites for hydroxylation is 1. The van der Waals surface area contributed by atoms with Crippen molar-refractivity contribution < 1.29 is 5.11 Å². The third-order valence-corrected chi connectivity index (χ3v) is 3.53. The van der Waals surface area contributed by atoms with Crippen molar-refractivity contribution in [2.45, 2.75) is 44.8 Å². The summed E-state index contributed by atoms with van der Waals surface area (Å²) in [7, 11) is 0. The second kappa shape index (κ2) is 5.15. The van der Waals surface area contributed by atoms with Gasteiger partial charge in [0.05, 0.1) is 12.1 Å². The zero-order valence-corrected chi connectivity index (χ0v) is 11.0. The van der Waals surface area contributed by atoms with Gasteiger partial charge in [-0.1, -0.05) is 12.8 Å². The fourth-order valence-corrected chi connectivity index (χ4v) is 2.59. The molecule has 0 bridgehead atoms. The molecule has 4 heteroatoms. The number of pyridine rings is 1. The van der Waals surface area contributed by atoms with Gasteiger partial charge >= 0.3 is 0 Å². The van der Waals surface area contributed by atoms with Crippen LogP contribution in [0.1, 0.15) is 31.2 Å². The van der Waals surface area contributed by atoms with Crippen molar-refractivity contribution in [2.75, 3.05) is 5.32 Å². The minimum atomic E-state index is -0.237. The number of hydrogen-bond donors (Lipinski definition) is 2. The van der Waals surface area contributed by atoms with E-state index in [0.29, 0.717) is 0 Å². The molecule has 1 aliphatic carbocycles. The number of anilines is 1. The Morgan fingerprint density at radius 1 is 1.44 bits per heavy atom. The maximum atomic E-state index is 9.88. The number of aromatic nitrogens is 1. The first-order valence-electron chi connectivity index (χ1n) is 5.73. The van der Waals surface area contributed by atoms with Crippen LogP contribution in [0.3, 0.4) is 0 Å². The van der Waals surface area contributed by atoms with E-state index >= 15 is 0 Å². The fraction of sp³-hybridized carbons (Fsp3) is 0.583. The van der Waals surface area contributed by atoms with Gasteiger partial charge in [0.25, 0.3) is 0 Å². The Hall–Kier alpha value is -0.610. The van der Waals surface area contributed by atoms with Crippen molar-refractivity contribution in [1.82, 2.24) is 4.98 Å². The van der Waals surface area contributed by atoms with Crippen LogP contribution in [0.2, 0.25) is 0 Å². The molecule has 16 heavy (non-hydrogen) atoms. The molecule has 3 nitrogen and oxygen atoms in total. The zero-order chi connectivity index (χ0) is 11.5. The van der Waals surface area contributed by atoms with E-state index in [-0.39, 0.29) is 12.1 Å². The normalized spacial score (nSPS) is 25.4. The summed E-state index contributed by atoms with van der Waals surface area (Å²) in [6, 6.07) is 2.19. The molecule has 1 aromatic rings. The van der Waals surface area contributed by atoms with Gasteiger partial charge in [0.2, 0.25) is 0 Å².